The van der Waals surface area contributed by atoms with E-state index < -0.39 is 11.6 Å². The molecule has 0 fully saturated rings. The van der Waals surface area contributed by atoms with Gasteiger partial charge in [-0.15, -0.1) is 0 Å². The van der Waals surface area contributed by atoms with Crippen molar-refractivity contribution in [3.05, 3.63) is 399 Å². The van der Waals surface area contributed by atoms with Crippen LogP contribution in [-0.4, -0.2) is 78.1 Å². The van der Waals surface area contributed by atoms with Gasteiger partial charge in [0.2, 0.25) is 23.8 Å². The smallest absolute Gasteiger partial charge is 0.238 e. The van der Waals surface area contributed by atoms with Gasteiger partial charge in [0, 0.05) is 87.6 Å². The number of halogens is 2. The lowest BCUT2D eigenvalue weighted by atomic mass is 9.95. The Morgan fingerprint density at radius 2 is 0.400 bits per heavy atom. The molecule has 20 heteroatoms. The van der Waals surface area contributed by atoms with Gasteiger partial charge < -0.3 is 0 Å². The second-order valence-electron chi connectivity index (χ2n) is 31.6. The average Bonchev–Trinajstić information content (AvgIpc) is 1.56. The summed E-state index contributed by atoms with van der Waals surface area (Å²) in [6, 6.07) is 125. The van der Waals surface area contributed by atoms with Crippen LogP contribution in [0.4, 0.5) is 8.78 Å². The molecule has 0 saturated heterocycles. The van der Waals surface area contributed by atoms with E-state index in [-0.39, 0.29) is 5.95 Å². The van der Waals surface area contributed by atoms with Gasteiger partial charge in [0.05, 0.1) is 67.4 Å². The van der Waals surface area contributed by atoms with Gasteiger partial charge in [-0.2, -0.15) is 50.4 Å². The van der Waals surface area contributed by atoms with Crippen molar-refractivity contribution in [3.8, 4) is 160 Å². The second kappa shape index (κ2) is 30.8. The number of benzene rings is 16. The summed E-state index contributed by atoms with van der Waals surface area (Å²) in [5.74, 6) is 4.01. The van der Waals surface area contributed by atoms with Crippen LogP contribution in [0.25, 0.3) is 236 Å². The third-order valence-electron chi connectivity index (χ3n) is 24.0. The summed E-state index contributed by atoms with van der Waals surface area (Å²) in [7, 11) is 0. The highest BCUT2D eigenvalue weighted by Gasteiger charge is 2.29. The first-order valence-electron chi connectivity index (χ1n) is 42.2. The summed E-state index contributed by atoms with van der Waals surface area (Å²) in [4.78, 5) is 63.0. The molecule has 24 rings (SSSR count). The molecule has 0 N–H and O–H groups in total. The number of aromatic nitrogens is 16. The third-order valence-corrected chi connectivity index (χ3v) is 24.0. The van der Waals surface area contributed by atoms with Crippen molar-refractivity contribution >= 4 is 87.2 Å². The Morgan fingerprint density at radius 3 is 0.654 bits per heavy atom. The first-order chi connectivity index (χ1) is 64.1. The second-order valence-corrected chi connectivity index (χ2v) is 31.6. The van der Waals surface area contributed by atoms with E-state index in [0.29, 0.717) is 125 Å². The van der Waals surface area contributed by atoms with E-state index >= 15 is 8.78 Å². The molecule has 8 heterocycles. The van der Waals surface area contributed by atoms with E-state index in [1.54, 1.807) is 24.3 Å². The summed E-state index contributed by atoms with van der Waals surface area (Å²) in [5.41, 5.74) is 17.7. The molecule has 0 bridgehead atoms. The van der Waals surface area contributed by atoms with Gasteiger partial charge in [-0.05, 0) is 143 Å². The van der Waals surface area contributed by atoms with Gasteiger partial charge in [-0.1, -0.05) is 267 Å². The average molecular weight is 1670 g/mol. The van der Waals surface area contributed by atoms with E-state index in [9.17, 15) is 10.5 Å². The molecule has 0 amide bonds. The highest BCUT2D eigenvalue weighted by Crippen LogP contribution is 2.48. The zero-order valence-electron chi connectivity index (χ0n) is 68.6. The predicted octanol–water partition coefficient (Wildman–Crippen LogP) is 25.2. The Kier molecular flexibility index (Phi) is 17.9. The maximum atomic E-state index is 16.4. The fourth-order valence-corrected chi connectivity index (χ4v) is 18.2. The molecule has 24 aromatic rings. The zero-order valence-corrected chi connectivity index (χ0v) is 68.6. The van der Waals surface area contributed by atoms with Crippen molar-refractivity contribution in [3.63, 3.8) is 0 Å². The minimum Gasteiger partial charge on any atom is -0.278 e. The molecule has 0 aliphatic heterocycles. The van der Waals surface area contributed by atoms with Crippen molar-refractivity contribution in [1.82, 2.24) is 78.1 Å². The maximum absolute atomic E-state index is 16.4. The highest BCUT2D eigenvalue weighted by molar-refractivity contribution is 6.24. The van der Waals surface area contributed by atoms with Crippen LogP contribution in [0.2, 0.25) is 0 Å². The number of rotatable bonds is 15. The van der Waals surface area contributed by atoms with E-state index in [2.05, 4.69) is 57.7 Å². The molecule has 16 aromatic carbocycles. The molecule has 0 unspecified atom stereocenters. The summed E-state index contributed by atoms with van der Waals surface area (Å²) in [5, 5.41) is 27.3. The van der Waals surface area contributed by atoms with E-state index in [1.165, 1.54) is 12.1 Å². The molecule has 130 heavy (non-hydrogen) atoms. The van der Waals surface area contributed by atoms with E-state index in [1.807, 2.05) is 312 Å². The lowest BCUT2D eigenvalue weighted by Gasteiger charge is -2.13. The maximum Gasteiger partial charge on any atom is 0.238 e. The number of hydrogen-bond donors (Lipinski definition) is 0. The Bertz CT molecular complexity index is 8740. The van der Waals surface area contributed by atoms with Gasteiger partial charge in [-0.3, -0.25) is 18.3 Å². The fraction of sp³-hybridized carbons (Fsp3) is 0. The van der Waals surface area contributed by atoms with Gasteiger partial charge in [-0.25, -0.2) is 28.7 Å². The quantitative estimate of drug-likeness (QED) is 0.0931. The molecule has 0 saturated carbocycles. The monoisotopic (exact) mass is 1670 g/mol. The molecule has 0 atom stereocenters. The van der Waals surface area contributed by atoms with Crippen LogP contribution in [0.3, 0.4) is 0 Å². The molecule has 8 aromatic heterocycles. The van der Waals surface area contributed by atoms with Crippen molar-refractivity contribution in [2.45, 2.75) is 0 Å². The molecule has 18 nitrogen and oxygen atoms in total. The summed E-state index contributed by atoms with van der Waals surface area (Å²) in [6.45, 7) is 0. The van der Waals surface area contributed by atoms with Crippen LogP contribution in [0.5, 0.6) is 0 Å². The van der Waals surface area contributed by atoms with Crippen molar-refractivity contribution in [1.29, 1.82) is 10.5 Å². The molecule has 0 aliphatic carbocycles. The first-order valence-corrected chi connectivity index (χ1v) is 42.2. The summed E-state index contributed by atoms with van der Waals surface area (Å²) in [6.07, 6.45) is 0. The van der Waals surface area contributed by atoms with Crippen molar-refractivity contribution in [2.24, 2.45) is 0 Å². The first kappa shape index (κ1) is 75.4. The van der Waals surface area contributed by atoms with Gasteiger partial charge >= 0.3 is 0 Å². The number of hydrogen-bond acceptors (Lipinski definition) is 14. The summed E-state index contributed by atoms with van der Waals surface area (Å²) >= 11 is 0. The van der Waals surface area contributed by atoms with Crippen LogP contribution in [-0.2, 0) is 0 Å². The minimum atomic E-state index is -0.444. The van der Waals surface area contributed by atoms with Crippen LogP contribution in [0, 0.1) is 34.3 Å². The van der Waals surface area contributed by atoms with Gasteiger partial charge in [0.25, 0.3) is 0 Å². The highest BCUT2D eigenvalue weighted by atomic mass is 19.1. The predicted molar refractivity (Wildman–Crippen MR) is 506 cm³/mol. The molecular formula is C110H62F2N18. The Hall–Kier alpha value is -18.4. The lowest BCUT2D eigenvalue weighted by Crippen LogP contribution is -2.06. The fourth-order valence-electron chi connectivity index (χ4n) is 18.2. The number of nitrogens with zero attached hydrogens (tertiary/aromatic N) is 18. The largest absolute Gasteiger partial charge is 0.278 e. The summed E-state index contributed by atoms with van der Waals surface area (Å²) < 4.78 is 40.6. The SMILES string of the molecule is N#Cc1ccc2c(c1)c1c(-c3cccc4c3c3cc(C#N)ccc3n4-c3nc(-c4ccccc4)nc(-c4cccc(-c5cccc(-c6nc(-c7ccccc7)nc(-n7c8ccc(F)cc8c8c(-c9cccc%10c9c9cc(F)ccc9n%10-c9nc(-c%10ccccc%10)nc(-c%10ccccc%10)n9)cccc87)n6)c5)c4)n3)cccc1n2-c1nc(-c2ccccc2)nc(-c2ccccc2)n1. The Balaban J connectivity index is 0.637. The van der Waals surface area contributed by atoms with Crippen LogP contribution in [0.15, 0.2) is 376 Å². The standard InChI is InChI=1S/C110H62F2N18/c111-77-51-55-89-85(61-77)97-81(43-23-47-93(97)129(89)108-121-101(69-29-11-3-12-30-69)116-102(122-108)70-31-13-4-14-32-70)82-44-24-48-94-98(82)86-62-78(112)52-56-90(86)130(94)110-124-104(72-35-17-6-18-36-72)118-106(126-110)76-40-20-38-74(60-76)73-37-19-39-75(59-73)105-117-103(71-33-15-5-16-34-71)123-109(125-105)128-88-54-50-66(64-114)58-84(88)96-80(42-22-46-92(96)128)79-41-21-45-91-95(79)83-57-65(63-113)49-53-87(83)127(91)107-119-99(67-25-7-1-8-26-67)115-100(120-107)68-27-9-2-10-28-68/h1-62H. The number of nitriles is 2. The molecule has 0 radical (unpaired) electrons. The molecular weight excluding hydrogens is 1610 g/mol. The molecule has 0 spiro atoms. The molecule has 606 valence electrons. The van der Waals surface area contributed by atoms with Crippen LogP contribution in [0.1, 0.15) is 11.1 Å². The minimum absolute atomic E-state index is 0.282. The molecule has 0 aliphatic rings. The van der Waals surface area contributed by atoms with E-state index in [0.717, 1.165) is 116 Å². The van der Waals surface area contributed by atoms with Gasteiger partial charge in [0.1, 0.15) is 11.6 Å². The van der Waals surface area contributed by atoms with Gasteiger partial charge in [0.15, 0.2) is 46.6 Å². The van der Waals surface area contributed by atoms with Crippen LogP contribution < -0.4 is 0 Å². The van der Waals surface area contributed by atoms with E-state index in [4.69, 9.17) is 59.8 Å². The zero-order chi connectivity index (χ0) is 86.6. The topological polar surface area (TPSA) is 222 Å². The van der Waals surface area contributed by atoms with Crippen molar-refractivity contribution < 1.29 is 8.78 Å². The number of fused-ring (bicyclic) bond motifs is 12. The normalized spacial score (nSPS) is 11.6. The Morgan fingerprint density at radius 1 is 0.185 bits per heavy atom. The lowest BCUT2D eigenvalue weighted by molar-refractivity contribution is 0.629. The van der Waals surface area contributed by atoms with Crippen LogP contribution >= 0.6 is 0 Å². The third kappa shape index (κ3) is 12.8. The van der Waals surface area contributed by atoms with Crippen molar-refractivity contribution in [2.75, 3.05) is 0 Å². The Labute approximate surface area is 739 Å².